The van der Waals surface area contributed by atoms with E-state index in [1.165, 1.54) is 6.92 Å². The summed E-state index contributed by atoms with van der Waals surface area (Å²) in [6, 6.07) is 8.48. The summed E-state index contributed by atoms with van der Waals surface area (Å²) in [6.07, 6.45) is -3.50. The average molecular weight is 288 g/mol. The number of carbonyl (C=O) groups excluding carboxylic acids is 1. The fourth-order valence-electron chi connectivity index (χ4n) is 1.89. The first-order valence-electron chi connectivity index (χ1n) is 6.48. The summed E-state index contributed by atoms with van der Waals surface area (Å²) in [5.41, 5.74) is 6.71. The van der Waals surface area contributed by atoms with E-state index in [9.17, 15) is 18.0 Å². The van der Waals surface area contributed by atoms with Gasteiger partial charge in [0.05, 0.1) is 6.04 Å². The Labute approximate surface area is 116 Å². The standard InChI is InChI=1S/C14H19F3N2O/c1-2-19(10-14(15,16)17)13(20)12(18)9-8-11-6-4-3-5-7-11/h3-7,12H,2,8-10,18H2,1H3/t12-/m0/s1. The van der Waals surface area contributed by atoms with E-state index in [0.717, 1.165) is 10.5 Å². The molecule has 0 saturated carbocycles. The molecule has 0 aliphatic rings. The van der Waals surface area contributed by atoms with Crippen molar-refractivity contribution in [2.45, 2.75) is 32.0 Å². The van der Waals surface area contributed by atoms with E-state index in [1.54, 1.807) is 0 Å². The van der Waals surface area contributed by atoms with E-state index in [4.69, 9.17) is 5.73 Å². The number of likely N-dealkylation sites (N-methyl/N-ethyl adjacent to an activating group) is 1. The Balaban J connectivity index is 2.52. The molecule has 0 aliphatic carbocycles. The Hall–Kier alpha value is -1.56. The molecular weight excluding hydrogens is 269 g/mol. The predicted octanol–water partition coefficient (Wildman–Crippen LogP) is 2.36. The van der Waals surface area contributed by atoms with Crippen LogP contribution in [-0.4, -0.2) is 36.1 Å². The van der Waals surface area contributed by atoms with Crippen molar-refractivity contribution in [1.29, 1.82) is 0 Å². The second kappa shape index (κ2) is 7.28. The molecule has 0 radical (unpaired) electrons. The van der Waals surface area contributed by atoms with Gasteiger partial charge in [-0.3, -0.25) is 4.79 Å². The average Bonchev–Trinajstić information content (AvgIpc) is 2.41. The van der Waals surface area contributed by atoms with Gasteiger partial charge in [0.15, 0.2) is 0 Å². The summed E-state index contributed by atoms with van der Waals surface area (Å²) in [7, 11) is 0. The Bertz CT molecular complexity index is 420. The van der Waals surface area contributed by atoms with Crippen LogP contribution >= 0.6 is 0 Å². The van der Waals surface area contributed by atoms with Crippen LogP contribution in [0.1, 0.15) is 18.9 Å². The topological polar surface area (TPSA) is 46.3 Å². The van der Waals surface area contributed by atoms with Crippen molar-refractivity contribution in [3.8, 4) is 0 Å². The predicted molar refractivity (Wildman–Crippen MR) is 71.0 cm³/mol. The summed E-state index contributed by atoms with van der Waals surface area (Å²) in [4.78, 5) is 12.6. The maximum Gasteiger partial charge on any atom is 0.406 e. The molecule has 0 unspecified atom stereocenters. The number of nitrogens with two attached hydrogens (primary N) is 1. The summed E-state index contributed by atoms with van der Waals surface area (Å²) in [5.74, 6) is -0.652. The maximum atomic E-state index is 12.3. The minimum Gasteiger partial charge on any atom is -0.333 e. The summed E-state index contributed by atoms with van der Waals surface area (Å²) in [6.45, 7) is 0.256. The van der Waals surface area contributed by atoms with Gasteiger partial charge in [0.25, 0.3) is 0 Å². The second-order valence-electron chi connectivity index (χ2n) is 4.60. The number of halogens is 3. The van der Waals surface area contributed by atoms with Crippen LogP contribution in [0.15, 0.2) is 30.3 Å². The Kier molecular flexibility index (Phi) is 6.01. The molecule has 0 aliphatic heterocycles. The zero-order valence-corrected chi connectivity index (χ0v) is 11.4. The van der Waals surface area contributed by atoms with E-state index in [0.29, 0.717) is 12.8 Å². The Morgan fingerprint density at radius 2 is 1.90 bits per heavy atom. The number of hydrogen-bond acceptors (Lipinski definition) is 2. The number of hydrogen-bond donors (Lipinski definition) is 1. The van der Waals surface area contributed by atoms with Crippen molar-refractivity contribution < 1.29 is 18.0 Å². The number of benzene rings is 1. The zero-order chi connectivity index (χ0) is 15.2. The highest BCUT2D eigenvalue weighted by atomic mass is 19.4. The van der Waals surface area contributed by atoms with Crippen LogP contribution in [0.2, 0.25) is 0 Å². The van der Waals surface area contributed by atoms with Crippen molar-refractivity contribution in [3.63, 3.8) is 0 Å². The first kappa shape index (κ1) is 16.5. The van der Waals surface area contributed by atoms with Gasteiger partial charge in [-0.05, 0) is 25.3 Å². The van der Waals surface area contributed by atoms with E-state index < -0.39 is 24.7 Å². The number of alkyl halides is 3. The number of carbonyl (C=O) groups is 1. The molecule has 0 fully saturated rings. The van der Waals surface area contributed by atoms with Crippen LogP contribution in [0.25, 0.3) is 0 Å². The fourth-order valence-corrected chi connectivity index (χ4v) is 1.89. The van der Waals surface area contributed by atoms with Crippen molar-refractivity contribution in [2.24, 2.45) is 5.73 Å². The van der Waals surface area contributed by atoms with E-state index in [1.807, 2.05) is 30.3 Å². The molecule has 6 heteroatoms. The van der Waals surface area contributed by atoms with E-state index in [-0.39, 0.29) is 6.54 Å². The van der Waals surface area contributed by atoms with Gasteiger partial charge in [-0.15, -0.1) is 0 Å². The molecule has 0 bridgehead atoms. The highest BCUT2D eigenvalue weighted by Gasteiger charge is 2.33. The van der Waals surface area contributed by atoms with Gasteiger partial charge in [0.2, 0.25) is 5.91 Å². The van der Waals surface area contributed by atoms with E-state index in [2.05, 4.69) is 0 Å². The van der Waals surface area contributed by atoms with Crippen LogP contribution in [0.3, 0.4) is 0 Å². The van der Waals surface area contributed by atoms with Gasteiger partial charge < -0.3 is 10.6 Å². The minimum atomic E-state index is -4.40. The highest BCUT2D eigenvalue weighted by Crippen LogP contribution is 2.17. The number of rotatable bonds is 6. The van der Waals surface area contributed by atoms with Crippen LogP contribution in [0.4, 0.5) is 13.2 Å². The maximum absolute atomic E-state index is 12.3. The third-order valence-electron chi connectivity index (χ3n) is 2.97. The third-order valence-corrected chi connectivity index (χ3v) is 2.97. The van der Waals surface area contributed by atoms with Gasteiger partial charge in [-0.2, -0.15) is 13.2 Å². The fraction of sp³-hybridized carbons (Fsp3) is 0.500. The molecule has 1 aromatic carbocycles. The lowest BCUT2D eigenvalue weighted by atomic mass is 10.0. The number of amides is 1. The second-order valence-corrected chi connectivity index (χ2v) is 4.60. The molecule has 2 N–H and O–H groups in total. The minimum absolute atomic E-state index is 0.00260. The Morgan fingerprint density at radius 3 is 2.40 bits per heavy atom. The molecular formula is C14H19F3N2O. The number of aryl methyl sites for hydroxylation is 1. The molecule has 1 atom stereocenters. The molecule has 0 heterocycles. The van der Waals surface area contributed by atoms with E-state index >= 15 is 0 Å². The van der Waals surface area contributed by atoms with Gasteiger partial charge in [-0.1, -0.05) is 30.3 Å². The third kappa shape index (κ3) is 5.61. The lowest BCUT2D eigenvalue weighted by Gasteiger charge is -2.25. The molecule has 0 spiro atoms. The molecule has 3 nitrogen and oxygen atoms in total. The van der Waals surface area contributed by atoms with Crippen molar-refractivity contribution in [3.05, 3.63) is 35.9 Å². The zero-order valence-electron chi connectivity index (χ0n) is 11.4. The first-order valence-corrected chi connectivity index (χ1v) is 6.48. The molecule has 20 heavy (non-hydrogen) atoms. The highest BCUT2D eigenvalue weighted by molar-refractivity contribution is 5.81. The van der Waals surface area contributed by atoms with Gasteiger partial charge in [-0.25, -0.2) is 0 Å². The Morgan fingerprint density at radius 1 is 1.30 bits per heavy atom. The summed E-state index contributed by atoms with van der Waals surface area (Å²) >= 11 is 0. The van der Waals surface area contributed by atoms with Gasteiger partial charge >= 0.3 is 6.18 Å². The summed E-state index contributed by atoms with van der Waals surface area (Å²) < 4.78 is 37.0. The quantitative estimate of drug-likeness (QED) is 0.873. The molecule has 1 rings (SSSR count). The molecule has 1 amide bonds. The molecule has 0 aromatic heterocycles. The SMILES string of the molecule is CCN(CC(F)(F)F)C(=O)[C@@H](N)CCc1ccccc1. The van der Waals surface area contributed by atoms with Crippen LogP contribution in [0, 0.1) is 0 Å². The largest absolute Gasteiger partial charge is 0.406 e. The number of nitrogens with zero attached hydrogens (tertiary/aromatic N) is 1. The molecule has 0 saturated heterocycles. The van der Waals surface area contributed by atoms with Crippen LogP contribution < -0.4 is 5.73 Å². The monoisotopic (exact) mass is 288 g/mol. The van der Waals surface area contributed by atoms with Crippen LogP contribution in [-0.2, 0) is 11.2 Å². The summed E-state index contributed by atoms with van der Waals surface area (Å²) in [5, 5.41) is 0. The molecule has 1 aromatic rings. The lowest BCUT2D eigenvalue weighted by Crippen LogP contribution is -2.47. The van der Waals surface area contributed by atoms with Gasteiger partial charge in [0.1, 0.15) is 6.54 Å². The lowest BCUT2D eigenvalue weighted by molar-refractivity contribution is -0.161. The smallest absolute Gasteiger partial charge is 0.333 e. The first-order chi connectivity index (χ1) is 9.33. The van der Waals surface area contributed by atoms with Gasteiger partial charge in [0, 0.05) is 6.54 Å². The van der Waals surface area contributed by atoms with Crippen molar-refractivity contribution >= 4 is 5.91 Å². The van der Waals surface area contributed by atoms with Crippen molar-refractivity contribution in [1.82, 2.24) is 4.90 Å². The van der Waals surface area contributed by atoms with Crippen LogP contribution in [0.5, 0.6) is 0 Å². The van der Waals surface area contributed by atoms with Crippen molar-refractivity contribution in [2.75, 3.05) is 13.1 Å². The molecule has 112 valence electrons. The normalized spacial score (nSPS) is 13.1.